The molecule has 0 radical (unpaired) electrons. The summed E-state index contributed by atoms with van der Waals surface area (Å²) in [6.45, 7) is 3.93. The van der Waals surface area contributed by atoms with E-state index in [4.69, 9.17) is 4.74 Å². The molecule has 0 unspecified atom stereocenters. The van der Waals surface area contributed by atoms with Crippen molar-refractivity contribution in [2.75, 3.05) is 6.61 Å². The Morgan fingerprint density at radius 3 is 2.26 bits per heavy atom. The Labute approximate surface area is 205 Å². The van der Waals surface area contributed by atoms with Crippen LogP contribution in [0.5, 0.6) is 0 Å². The lowest BCUT2D eigenvalue weighted by atomic mass is 9.93. The molecule has 1 N–H and O–H groups in total. The van der Waals surface area contributed by atoms with E-state index in [9.17, 15) is 5.11 Å². The molecule has 1 aliphatic rings. The number of hydrogen-bond donors (Lipinski definition) is 1. The number of aryl methyl sites for hydroxylation is 1. The third kappa shape index (κ3) is 5.66. The average molecular weight is 473 g/mol. The normalized spacial score (nSPS) is 18.6. The highest BCUT2D eigenvalue weighted by Crippen LogP contribution is 2.31. The lowest BCUT2D eigenvalue weighted by molar-refractivity contribution is -0.0657. The molecule has 3 heterocycles. The maximum atomic E-state index is 9.88. The summed E-state index contributed by atoms with van der Waals surface area (Å²) in [4.78, 5) is 9.26. The van der Waals surface area contributed by atoms with Gasteiger partial charge in [-0.1, -0.05) is 18.2 Å². The van der Waals surface area contributed by atoms with Crippen LogP contribution in [0, 0.1) is 0 Å². The van der Waals surface area contributed by atoms with Crippen LogP contribution >= 0.6 is 0 Å². The minimum atomic E-state index is -0.784. The molecular formula is C27H32N6O2. The smallest absolute Gasteiger partial charge is 0.159 e. The topological polar surface area (TPSA) is 90.9 Å². The predicted molar refractivity (Wildman–Crippen MR) is 134 cm³/mol. The van der Waals surface area contributed by atoms with Gasteiger partial charge in [-0.15, -0.1) is 0 Å². The molecule has 1 saturated carbocycles. The first kappa shape index (κ1) is 23.4. The Bertz CT molecular complexity index is 1260. The van der Waals surface area contributed by atoms with Crippen LogP contribution in [0.4, 0.5) is 0 Å². The molecule has 5 rings (SSSR count). The van der Waals surface area contributed by atoms with Crippen LogP contribution in [-0.4, -0.2) is 52.9 Å². The lowest BCUT2D eigenvalue weighted by Gasteiger charge is -2.30. The summed E-state index contributed by atoms with van der Waals surface area (Å²) < 4.78 is 9.75. The largest absolute Gasteiger partial charge is 0.388 e. The van der Waals surface area contributed by atoms with Gasteiger partial charge in [0.05, 0.1) is 36.7 Å². The van der Waals surface area contributed by atoms with Crippen molar-refractivity contribution in [3.05, 3.63) is 61.4 Å². The molecule has 182 valence electrons. The molecule has 8 heteroatoms. The summed E-state index contributed by atoms with van der Waals surface area (Å²) in [7, 11) is 1.91. The number of rotatable bonds is 7. The number of hydrogen-bond acceptors (Lipinski definition) is 6. The Morgan fingerprint density at radius 1 is 0.886 bits per heavy atom. The summed E-state index contributed by atoms with van der Waals surface area (Å²) in [5.74, 6) is 0.691. The van der Waals surface area contributed by atoms with E-state index in [1.54, 1.807) is 18.5 Å². The van der Waals surface area contributed by atoms with Gasteiger partial charge in [-0.05, 0) is 51.2 Å². The Morgan fingerprint density at radius 2 is 1.57 bits per heavy atom. The molecule has 4 aromatic rings. The van der Waals surface area contributed by atoms with Crippen LogP contribution in [0.3, 0.4) is 0 Å². The van der Waals surface area contributed by atoms with Gasteiger partial charge in [-0.2, -0.15) is 10.2 Å². The summed E-state index contributed by atoms with van der Waals surface area (Å²) >= 11 is 0. The van der Waals surface area contributed by atoms with Gasteiger partial charge in [0.1, 0.15) is 0 Å². The van der Waals surface area contributed by atoms with E-state index >= 15 is 0 Å². The quantitative estimate of drug-likeness (QED) is 0.420. The molecule has 0 bridgehead atoms. The zero-order chi connectivity index (χ0) is 24.4. The fourth-order valence-corrected chi connectivity index (χ4v) is 4.52. The molecule has 1 aromatic carbocycles. The van der Waals surface area contributed by atoms with Crippen LogP contribution in [0.1, 0.15) is 45.6 Å². The van der Waals surface area contributed by atoms with Gasteiger partial charge in [-0.3, -0.25) is 9.36 Å². The predicted octanol–water partition coefficient (Wildman–Crippen LogP) is 4.68. The second kappa shape index (κ2) is 9.71. The molecule has 0 spiro atoms. The zero-order valence-electron chi connectivity index (χ0n) is 20.5. The van der Waals surface area contributed by atoms with Crippen molar-refractivity contribution in [2.24, 2.45) is 7.05 Å². The second-order valence-corrected chi connectivity index (χ2v) is 10.0. The van der Waals surface area contributed by atoms with Gasteiger partial charge in [0, 0.05) is 54.1 Å². The van der Waals surface area contributed by atoms with Crippen molar-refractivity contribution in [1.82, 2.24) is 29.5 Å². The second-order valence-electron chi connectivity index (χ2n) is 10.0. The van der Waals surface area contributed by atoms with Crippen LogP contribution in [0.15, 0.2) is 61.4 Å². The average Bonchev–Trinajstić information content (AvgIpc) is 3.53. The molecule has 0 saturated heterocycles. The molecule has 0 atom stereocenters. The van der Waals surface area contributed by atoms with E-state index in [2.05, 4.69) is 43.2 Å². The molecule has 3 aromatic heterocycles. The standard InChI is InChI=1S/C27H32N6O2/c1-27(2,34)18-35-25-9-7-24(8-10-25)33-17-23(15-31-33)21-12-28-26(29-13-21)20-6-4-5-19(11-20)22-14-30-32(3)16-22/h4-6,11-17,24-25,34H,7-10,18H2,1-3H3. The number of ether oxygens (including phenoxy) is 1. The van der Waals surface area contributed by atoms with Crippen LogP contribution in [-0.2, 0) is 11.8 Å². The fraction of sp³-hybridized carbons (Fsp3) is 0.407. The molecule has 1 aliphatic carbocycles. The highest BCUT2D eigenvalue weighted by atomic mass is 16.5. The Balaban J connectivity index is 1.23. The first-order chi connectivity index (χ1) is 16.8. The fourth-order valence-electron chi connectivity index (χ4n) is 4.52. The monoisotopic (exact) mass is 472 g/mol. The van der Waals surface area contributed by atoms with Crippen molar-refractivity contribution >= 4 is 0 Å². The van der Waals surface area contributed by atoms with Crippen LogP contribution in [0.25, 0.3) is 33.6 Å². The van der Waals surface area contributed by atoms with Crippen molar-refractivity contribution in [2.45, 2.75) is 57.3 Å². The van der Waals surface area contributed by atoms with Gasteiger partial charge in [0.15, 0.2) is 5.82 Å². The van der Waals surface area contributed by atoms with Gasteiger partial charge < -0.3 is 9.84 Å². The maximum Gasteiger partial charge on any atom is 0.159 e. The van der Waals surface area contributed by atoms with E-state index in [-0.39, 0.29) is 6.10 Å². The summed E-state index contributed by atoms with van der Waals surface area (Å²) in [6.07, 6.45) is 15.8. The van der Waals surface area contributed by atoms with Crippen molar-refractivity contribution in [1.29, 1.82) is 0 Å². The number of benzene rings is 1. The number of aliphatic hydroxyl groups is 1. The minimum absolute atomic E-state index is 0.213. The SMILES string of the molecule is Cn1cc(-c2cccc(-c3ncc(-c4cnn(C5CCC(OCC(C)(C)O)CC5)c4)cn3)c2)cn1. The highest BCUT2D eigenvalue weighted by Gasteiger charge is 2.25. The summed E-state index contributed by atoms with van der Waals surface area (Å²) in [5.41, 5.74) is 4.30. The van der Waals surface area contributed by atoms with Gasteiger partial charge in [-0.25, -0.2) is 9.97 Å². The van der Waals surface area contributed by atoms with Gasteiger partial charge in [0.25, 0.3) is 0 Å². The highest BCUT2D eigenvalue weighted by molar-refractivity contribution is 5.70. The van der Waals surface area contributed by atoms with Crippen LogP contribution < -0.4 is 0 Å². The van der Waals surface area contributed by atoms with Gasteiger partial charge in [0.2, 0.25) is 0 Å². The Hall–Kier alpha value is -3.36. The number of aromatic nitrogens is 6. The first-order valence-electron chi connectivity index (χ1n) is 12.1. The van der Waals surface area contributed by atoms with E-state index < -0.39 is 5.60 Å². The van der Waals surface area contributed by atoms with Gasteiger partial charge >= 0.3 is 0 Å². The molecule has 8 nitrogen and oxygen atoms in total. The minimum Gasteiger partial charge on any atom is -0.388 e. The van der Waals surface area contributed by atoms with Crippen molar-refractivity contribution in [3.8, 4) is 33.6 Å². The Kier molecular flexibility index (Phi) is 6.49. The third-order valence-electron chi connectivity index (χ3n) is 6.44. The number of nitrogens with zero attached hydrogens (tertiary/aromatic N) is 6. The van der Waals surface area contributed by atoms with Crippen molar-refractivity contribution in [3.63, 3.8) is 0 Å². The molecule has 35 heavy (non-hydrogen) atoms. The summed E-state index contributed by atoms with van der Waals surface area (Å²) in [5, 5.41) is 18.8. The zero-order valence-corrected chi connectivity index (χ0v) is 20.5. The third-order valence-corrected chi connectivity index (χ3v) is 6.44. The van der Waals surface area contributed by atoms with E-state index in [1.165, 1.54) is 0 Å². The van der Waals surface area contributed by atoms with E-state index in [1.807, 2.05) is 50.2 Å². The molecule has 0 amide bonds. The first-order valence-corrected chi connectivity index (χ1v) is 12.1. The van der Waals surface area contributed by atoms with Crippen molar-refractivity contribution < 1.29 is 9.84 Å². The lowest BCUT2D eigenvalue weighted by Crippen LogP contribution is -2.31. The molecule has 1 fully saturated rings. The van der Waals surface area contributed by atoms with Crippen LogP contribution in [0.2, 0.25) is 0 Å². The maximum absolute atomic E-state index is 9.88. The summed E-state index contributed by atoms with van der Waals surface area (Å²) in [6, 6.07) is 8.56. The van der Waals surface area contributed by atoms with E-state index in [0.29, 0.717) is 18.5 Å². The molecule has 0 aliphatic heterocycles. The van der Waals surface area contributed by atoms with E-state index in [0.717, 1.165) is 53.5 Å². The molecular weight excluding hydrogens is 440 g/mol.